The predicted octanol–water partition coefficient (Wildman–Crippen LogP) is 3.31. The molecule has 90 valence electrons. The summed E-state index contributed by atoms with van der Waals surface area (Å²) in [5.41, 5.74) is 8.66. The van der Waals surface area contributed by atoms with Crippen molar-refractivity contribution in [1.82, 2.24) is 0 Å². The lowest BCUT2D eigenvalue weighted by Gasteiger charge is -2.06. The molecule has 0 saturated carbocycles. The van der Waals surface area contributed by atoms with Gasteiger partial charge in [-0.05, 0) is 23.3 Å². The van der Waals surface area contributed by atoms with Crippen LogP contribution in [0.2, 0.25) is 0 Å². The van der Waals surface area contributed by atoms with E-state index in [1.54, 1.807) is 11.8 Å². The summed E-state index contributed by atoms with van der Waals surface area (Å²) in [6.45, 7) is 0.505. The maximum Gasteiger partial charge on any atom is 0.100 e. The van der Waals surface area contributed by atoms with Gasteiger partial charge in [-0.15, -0.1) is 11.8 Å². The highest BCUT2D eigenvalue weighted by Crippen LogP contribution is 2.27. The molecular weight excluding hydrogens is 240 g/mol. The monoisotopic (exact) mass is 254 g/mol. The average Bonchev–Trinajstić information content (AvgIpc) is 2.45. The highest BCUT2D eigenvalue weighted by atomic mass is 32.2. The number of hydrogen-bond donors (Lipinski definition) is 1. The highest BCUT2D eigenvalue weighted by Gasteiger charge is 2.04. The summed E-state index contributed by atoms with van der Waals surface area (Å²) in [6.07, 6.45) is 0. The van der Waals surface area contributed by atoms with Gasteiger partial charge in [0.25, 0.3) is 0 Å². The van der Waals surface area contributed by atoms with Crippen LogP contribution in [0.5, 0.6) is 0 Å². The van der Waals surface area contributed by atoms with Gasteiger partial charge >= 0.3 is 0 Å². The van der Waals surface area contributed by atoms with Crippen molar-refractivity contribution < 1.29 is 0 Å². The van der Waals surface area contributed by atoms with Crippen LogP contribution in [0.25, 0.3) is 0 Å². The maximum absolute atomic E-state index is 9.08. The fourth-order valence-corrected chi connectivity index (χ4v) is 2.66. The van der Waals surface area contributed by atoms with Gasteiger partial charge < -0.3 is 5.73 Å². The molecule has 3 heteroatoms. The second-order valence-corrected chi connectivity index (χ2v) is 4.94. The quantitative estimate of drug-likeness (QED) is 0.852. The van der Waals surface area contributed by atoms with Crippen molar-refractivity contribution >= 4 is 11.8 Å². The lowest BCUT2D eigenvalue weighted by molar-refractivity contribution is 1.06. The van der Waals surface area contributed by atoms with Crippen LogP contribution in [0.4, 0.5) is 0 Å². The predicted molar refractivity (Wildman–Crippen MR) is 75.1 cm³/mol. The molecule has 0 fully saturated rings. The number of thioether (sulfide) groups is 1. The Kier molecular flexibility index (Phi) is 4.40. The van der Waals surface area contributed by atoms with Crippen molar-refractivity contribution in [1.29, 1.82) is 5.26 Å². The average molecular weight is 254 g/mol. The van der Waals surface area contributed by atoms with E-state index in [2.05, 4.69) is 18.2 Å². The van der Waals surface area contributed by atoms with E-state index in [1.807, 2.05) is 36.4 Å². The largest absolute Gasteiger partial charge is 0.326 e. The SMILES string of the molecule is N#Cc1ccc(CN)cc1SCc1ccccc1. The topological polar surface area (TPSA) is 49.8 Å². The van der Waals surface area contributed by atoms with Crippen LogP contribution in [-0.2, 0) is 12.3 Å². The van der Waals surface area contributed by atoms with Crippen LogP contribution in [0.1, 0.15) is 16.7 Å². The summed E-state index contributed by atoms with van der Waals surface area (Å²) in [5, 5.41) is 9.08. The number of benzene rings is 2. The minimum absolute atomic E-state index is 0.505. The Morgan fingerprint density at radius 2 is 1.83 bits per heavy atom. The zero-order chi connectivity index (χ0) is 12.8. The Labute approximate surface area is 111 Å². The van der Waals surface area contributed by atoms with Crippen molar-refractivity contribution in [3.63, 3.8) is 0 Å². The molecule has 2 nitrogen and oxygen atoms in total. The summed E-state index contributed by atoms with van der Waals surface area (Å²) in [4.78, 5) is 1.00. The zero-order valence-corrected chi connectivity index (χ0v) is 10.8. The molecule has 2 aromatic carbocycles. The number of rotatable bonds is 4. The lowest BCUT2D eigenvalue weighted by Crippen LogP contribution is -1.97. The van der Waals surface area contributed by atoms with Gasteiger partial charge in [-0.3, -0.25) is 0 Å². The number of nitriles is 1. The minimum Gasteiger partial charge on any atom is -0.326 e. The van der Waals surface area contributed by atoms with Crippen LogP contribution in [0.3, 0.4) is 0 Å². The third-order valence-corrected chi connectivity index (χ3v) is 3.77. The van der Waals surface area contributed by atoms with Crippen molar-refractivity contribution in [3.05, 3.63) is 65.2 Å². The molecule has 2 N–H and O–H groups in total. The highest BCUT2D eigenvalue weighted by molar-refractivity contribution is 7.98. The summed E-state index contributed by atoms with van der Waals surface area (Å²) in [7, 11) is 0. The Hall–Kier alpha value is -1.76. The molecule has 0 unspecified atom stereocenters. The Bertz CT molecular complexity index is 558. The standard InChI is InChI=1S/C15H14N2S/c16-9-13-6-7-14(10-17)15(8-13)18-11-12-4-2-1-3-5-12/h1-8H,9,11,16H2. The number of nitrogens with zero attached hydrogens (tertiary/aromatic N) is 1. The molecule has 0 saturated heterocycles. The van der Waals surface area contributed by atoms with Gasteiger partial charge in [-0.25, -0.2) is 0 Å². The van der Waals surface area contributed by atoms with Crippen molar-refractivity contribution in [2.24, 2.45) is 5.73 Å². The number of nitrogens with two attached hydrogens (primary N) is 1. The summed E-state index contributed by atoms with van der Waals surface area (Å²) >= 11 is 1.68. The fraction of sp³-hybridized carbons (Fsp3) is 0.133. The van der Waals surface area contributed by atoms with Gasteiger partial charge in [0.2, 0.25) is 0 Å². The van der Waals surface area contributed by atoms with E-state index in [0.29, 0.717) is 12.1 Å². The summed E-state index contributed by atoms with van der Waals surface area (Å²) in [5.74, 6) is 0.865. The molecule has 0 aromatic heterocycles. The molecule has 0 spiro atoms. The van der Waals surface area contributed by atoms with E-state index in [-0.39, 0.29) is 0 Å². The van der Waals surface area contributed by atoms with E-state index < -0.39 is 0 Å². The van der Waals surface area contributed by atoms with E-state index in [1.165, 1.54) is 5.56 Å². The van der Waals surface area contributed by atoms with Gasteiger partial charge in [0.1, 0.15) is 6.07 Å². The number of hydrogen-bond acceptors (Lipinski definition) is 3. The molecule has 2 rings (SSSR count). The van der Waals surface area contributed by atoms with Crippen LogP contribution in [-0.4, -0.2) is 0 Å². The smallest absolute Gasteiger partial charge is 0.100 e. The first-order valence-electron chi connectivity index (χ1n) is 5.73. The third kappa shape index (κ3) is 3.13. The molecule has 0 aliphatic heterocycles. The zero-order valence-electron chi connectivity index (χ0n) is 9.97. The second kappa shape index (κ2) is 6.25. The first kappa shape index (κ1) is 12.7. The molecule has 18 heavy (non-hydrogen) atoms. The summed E-state index contributed by atoms with van der Waals surface area (Å²) in [6, 6.07) is 18.2. The van der Waals surface area contributed by atoms with Gasteiger partial charge in [-0.2, -0.15) is 5.26 Å². The molecule has 0 bridgehead atoms. The van der Waals surface area contributed by atoms with E-state index in [0.717, 1.165) is 16.2 Å². The minimum atomic E-state index is 0.505. The van der Waals surface area contributed by atoms with Crippen LogP contribution < -0.4 is 5.73 Å². The van der Waals surface area contributed by atoms with Gasteiger partial charge in [0, 0.05) is 17.2 Å². The lowest BCUT2D eigenvalue weighted by atomic mass is 10.1. The fourth-order valence-electron chi connectivity index (χ4n) is 1.64. The van der Waals surface area contributed by atoms with Crippen molar-refractivity contribution in [2.45, 2.75) is 17.2 Å². The normalized spacial score (nSPS) is 10.0. The molecule has 0 heterocycles. The van der Waals surface area contributed by atoms with Crippen molar-refractivity contribution in [3.8, 4) is 6.07 Å². The Morgan fingerprint density at radius 3 is 2.50 bits per heavy atom. The molecular formula is C15H14N2S. The van der Waals surface area contributed by atoms with Crippen LogP contribution in [0.15, 0.2) is 53.4 Å². The van der Waals surface area contributed by atoms with Gasteiger partial charge in [0.15, 0.2) is 0 Å². The van der Waals surface area contributed by atoms with E-state index in [4.69, 9.17) is 11.0 Å². The molecule has 0 radical (unpaired) electrons. The van der Waals surface area contributed by atoms with Gasteiger partial charge in [0.05, 0.1) is 5.56 Å². The third-order valence-electron chi connectivity index (χ3n) is 2.64. The molecule has 0 atom stereocenters. The van der Waals surface area contributed by atoms with Crippen LogP contribution in [0, 0.1) is 11.3 Å². The first-order chi connectivity index (χ1) is 8.83. The Balaban J connectivity index is 2.15. The molecule has 2 aromatic rings. The van der Waals surface area contributed by atoms with Crippen molar-refractivity contribution in [2.75, 3.05) is 0 Å². The Morgan fingerprint density at radius 1 is 1.06 bits per heavy atom. The van der Waals surface area contributed by atoms with Gasteiger partial charge in [-0.1, -0.05) is 36.4 Å². The van der Waals surface area contributed by atoms with E-state index >= 15 is 0 Å². The molecule has 0 amide bonds. The first-order valence-corrected chi connectivity index (χ1v) is 6.72. The second-order valence-electron chi connectivity index (χ2n) is 3.92. The summed E-state index contributed by atoms with van der Waals surface area (Å²) < 4.78 is 0. The maximum atomic E-state index is 9.08. The molecule has 0 aliphatic rings. The molecule has 0 aliphatic carbocycles. The van der Waals surface area contributed by atoms with E-state index in [9.17, 15) is 0 Å². The van der Waals surface area contributed by atoms with Crippen LogP contribution >= 0.6 is 11.8 Å².